The molecule has 1 aliphatic heterocycles. The summed E-state index contributed by atoms with van der Waals surface area (Å²) in [6, 6.07) is 22.8. The molecule has 1 atom stereocenters. The first kappa shape index (κ1) is 26.7. The molecule has 0 bridgehead atoms. The van der Waals surface area contributed by atoms with Gasteiger partial charge in [0.15, 0.2) is 0 Å². The maximum atomic E-state index is 13.4. The molecule has 1 saturated heterocycles. The van der Waals surface area contributed by atoms with Gasteiger partial charge in [-0.3, -0.25) is 9.59 Å². The van der Waals surface area contributed by atoms with Crippen LogP contribution in [0.15, 0.2) is 72.8 Å². The summed E-state index contributed by atoms with van der Waals surface area (Å²) in [5.74, 6) is 0.487. The van der Waals surface area contributed by atoms with Crippen LogP contribution in [-0.2, 0) is 16.1 Å². The van der Waals surface area contributed by atoms with E-state index in [4.69, 9.17) is 21.1 Å². The number of hydrogen-bond acceptors (Lipinski definition) is 4. The van der Waals surface area contributed by atoms with Gasteiger partial charge in [0.2, 0.25) is 5.91 Å². The van der Waals surface area contributed by atoms with Gasteiger partial charge in [0.1, 0.15) is 18.0 Å². The fraction of sp³-hybridized carbons (Fsp3) is 0.333. The second kappa shape index (κ2) is 11.8. The van der Waals surface area contributed by atoms with Crippen LogP contribution < -0.4 is 4.74 Å². The molecule has 1 fully saturated rings. The minimum Gasteiger partial charge on any atom is -0.490 e. The number of morpholine rings is 1. The second-order valence-corrected chi connectivity index (χ2v) is 10.1. The Morgan fingerprint density at radius 3 is 2.49 bits per heavy atom. The topological polar surface area (TPSA) is 59.1 Å². The van der Waals surface area contributed by atoms with E-state index in [0.717, 1.165) is 16.7 Å². The first-order valence-electron chi connectivity index (χ1n) is 12.4. The van der Waals surface area contributed by atoms with E-state index in [9.17, 15) is 9.59 Å². The number of carbonyl (C=O) groups excluding carboxylic acids is 2. The Morgan fingerprint density at radius 1 is 1.03 bits per heavy atom. The monoisotopic (exact) mass is 520 g/mol. The lowest BCUT2D eigenvalue weighted by atomic mass is 9.96. The molecule has 0 N–H and O–H groups in total. The number of ether oxygens (including phenoxy) is 2. The van der Waals surface area contributed by atoms with Crippen LogP contribution in [0.2, 0.25) is 5.02 Å². The molecule has 0 radical (unpaired) electrons. The summed E-state index contributed by atoms with van der Waals surface area (Å²) >= 11 is 6.18. The zero-order valence-corrected chi connectivity index (χ0v) is 22.3. The summed E-state index contributed by atoms with van der Waals surface area (Å²) in [6.45, 7) is 5.45. The fourth-order valence-corrected chi connectivity index (χ4v) is 4.64. The van der Waals surface area contributed by atoms with E-state index in [1.54, 1.807) is 29.0 Å². The van der Waals surface area contributed by atoms with Crippen molar-refractivity contribution in [1.29, 1.82) is 0 Å². The van der Waals surface area contributed by atoms with Crippen LogP contribution in [0.3, 0.4) is 0 Å². The zero-order chi connectivity index (χ0) is 26.4. The molecule has 194 valence electrons. The third kappa shape index (κ3) is 6.70. The molecule has 1 aliphatic rings. The van der Waals surface area contributed by atoms with Crippen molar-refractivity contribution in [3.8, 4) is 5.75 Å². The van der Waals surface area contributed by atoms with Crippen molar-refractivity contribution in [3.63, 3.8) is 0 Å². The molecule has 37 heavy (non-hydrogen) atoms. The molecule has 3 aromatic rings. The average molecular weight is 521 g/mol. The van der Waals surface area contributed by atoms with Crippen molar-refractivity contribution >= 4 is 23.4 Å². The molecule has 0 spiro atoms. The van der Waals surface area contributed by atoms with E-state index in [-0.39, 0.29) is 31.4 Å². The molecule has 3 aromatic carbocycles. The second-order valence-electron chi connectivity index (χ2n) is 9.68. The van der Waals surface area contributed by atoms with Crippen molar-refractivity contribution in [1.82, 2.24) is 9.80 Å². The number of hydrogen-bond donors (Lipinski definition) is 0. The van der Waals surface area contributed by atoms with Gasteiger partial charge in [-0.1, -0.05) is 60.1 Å². The lowest BCUT2D eigenvalue weighted by Crippen LogP contribution is -2.58. The lowest BCUT2D eigenvalue weighted by Gasteiger charge is -2.42. The van der Waals surface area contributed by atoms with Crippen LogP contribution in [0, 0.1) is 13.8 Å². The molecule has 1 unspecified atom stereocenters. The number of aryl methyl sites for hydroxylation is 2. The van der Waals surface area contributed by atoms with Gasteiger partial charge in [-0.15, -0.1) is 0 Å². The van der Waals surface area contributed by atoms with Crippen molar-refractivity contribution in [3.05, 3.63) is 100 Å². The highest BCUT2D eigenvalue weighted by Gasteiger charge is 2.42. The standard InChI is InChI=1S/C30H33ClN2O4/c1-22-9-7-8-12-26(22)29(35)33-15-16-37-30(20-33,21-36-25-13-14-27(31)23(2)17-25)18-28(34)32(3)19-24-10-5-4-6-11-24/h4-14,17H,15-16,18-21H2,1-3H3. The third-order valence-corrected chi connectivity index (χ3v) is 7.13. The van der Waals surface area contributed by atoms with Crippen LogP contribution in [0.25, 0.3) is 0 Å². The minimum absolute atomic E-state index is 0.0711. The van der Waals surface area contributed by atoms with E-state index in [1.807, 2.05) is 74.5 Å². The highest BCUT2D eigenvalue weighted by Crippen LogP contribution is 2.28. The Hall–Kier alpha value is -3.35. The van der Waals surface area contributed by atoms with Gasteiger partial charge in [0.05, 0.1) is 19.6 Å². The van der Waals surface area contributed by atoms with Crippen molar-refractivity contribution in [2.75, 3.05) is 33.4 Å². The molecule has 4 rings (SSSR count). The zero-order valence-electron chi connectivity index (χ0n) is 21.6. The molecule has 7 heteroatoms. The summed E-state index contributed by atoms with van der Waals surface area (Å²) in [5, 5.41) is 0.656. The summed E-state index contributed by atoms with van der Waals surface area (Å²) in [4.78, 5) is 30.3. The molecule has 6 nitrogen and oxygen atoms in total. The first-order valence-corrected chi connectivity index (χ1v) is 12.8. The molecule has 1 heterocycles. The van der Waals surface area contributed by atoms with Gasteiger partial charge < -0.3 is 19.3 Å². The molecule has 0 saturated carbocycles. The highest BCUT2D eigenvalue weighted by atomic mass is 35.5. The number of amides is 2. The summed E-state index contributed by atoms with van der Waals surface area (Å²) < 4.78 is 12.4. The number of nitrogens with zero attached hydrogens (tertiary/aromatic N) is 2. The summed E-state index contributed by atoms with van der Waals surface area (Å²) in [6.07, 6.45) is 0.0838. The summed E-state index contributed by atoms with van der Waals surface area (Å²) in [7, 11) is 1.78. The SMILES string of the molecule is Cc1cc(OCC2(CC(=O)N(C)Cc3ccccc3)CN(C(=O)c3ccccc3C)CCO2)ccc1Cl. The van der Waals surface area contributed by atoms with Crippen LogP contribution in [0.4, 0.5) is 0 Å². The van der Waals surface area contributed by atoms with Crippen molar-refractivity contribution < 1.29 is 19.1 Å². The lowest BCUT2D eigenvalue weighted by molar-refractivity contribution is -0.152. The van der Waals surface area contributed by atoms with Crippen molar-refractivity contribution in [2.45, 2.75) is 32.4 Å². The molecule has 0 aliphatic carbocycles. The number of carbonyl (C=O) groups is 2. The average Bonchev–Trinajstić information content (AvgIpc) is 2.90. The number of halogens is 1. The van der Waals surface area contributed by atoms with Gasteiger partial charge >= 0.3 is 0 Å². The van der Waals surface area contributed by atoms with Crippen molar-refractivity contribution in [2.24, 2.45) is 0 Å². The largest absolute Gasteiger partial charge is 0.490 e. The molecule has 2 amide bonds. The Kier molecular flexibility index (Phi) is 8.52. The van der Waals surface area contributed by atoms with E-state index in [1.165, 1.54) is 0 Å². The van der Waals surface area contributed by atoms with Gasteiger partial charge in [-0.25, -0.2) is 0 Å². The van der Waals surface area contributed by atoms with Gasteiger partial charge in [0, 0.05) is 30.7 Å². The van der Waals surface area contributed by atoms with Gasteiger partial charge in [0.25, 0.3) is 5.91 Å². The molecular weight excluding hydrogens is 488 g/mol. The first-order chi connectivity index (χ1) is 17.8. The van der Waals surface area contributed by atoms with E-state index in [0.29, 0.717) is 36.0 Å². The summed E-state index contributed by atoms with van der Waals surface area (Å²) in [5.41, 5.74) is 2.51. The van der Waals surface area contributed by atoms with Crippen LogP contribution >= 0.6 is 11.6 Å². The van der Waals surface area contributed by atoms with Gasteiger partial charge in [-0.05, 0) is 54.8 Å². The van der Waals surface area contributed by atoms with E-state index in [2.05, 4.69) is 0 Å². The quantitative estimate of drug-likeness (QED) is 0.404. The fourth-order valence-electron chi connectivity index (χ4n) is 4.52. The highest BCUT2D eigenvalue weighted by molar-refractivity contribution is 6.31. The smallest absolute Gasteiger partial charge is 0.254 e. The normalized spacial score (nSPS) is 17.4. The maximum absolute atomic E-state index is 13.4. The number of benzene rings is 3. The minimum atomic E-state index is -0.994. The molecular formula is C30H33ClN2O4. The Balaban J connectivity index is 1.55. The van der Waals surface area contributed by atoms with E-state index >= 15 is 0 Å². The molecule has 0 aromatic heterocycles. The van der Waals surface area contributed by atoms with Crippen LogP contribution in [0.1, 0.15) is 33.5 Å². The predicted molar refractivity (Wildman–Crippen MR) is 145 cm³/mol. The Bertz CT molecular complexity index is 1250. The predicted octanol–water partition coefficient (Wildman–Crippen LogP) is 5.30. The number of rotatable bonds is 8. The Labute approximate surface area is 223 Å². The third-order valence-electron chi connectivity index (χ3n) is 6.70. The maximum Gasteiger partial charge on any atom is 0.254 e. The van der Waals surface area contributed by atoms with Gasteiger partial charge in [-0.2, -0.15) is 0 Å². The van der Waals surface area contributed by atoms with Crippen LogP contribution in [-0.4, -0.2) is 60.6 Å². The van der Waals surface area contributed by atoms with E-state index < -0.39 is 5.60 Å². The Morgan fingerprint density at radius 2 is 1.76 bits per heavy atom. The van der Waals surface area contributed by atoms with Crippen LogP contribution in [0.5, 0.6) is 5.75 Å².